The van der Waals surface area contributed by atoms with Gasteiger partial charge in [0, 0.05) is 18.1 Å². The van der Waals surface area contributed by atoms with Gasteiger partial charge in [0.05, 0.1) is 17.7 Å². The molecule has 0 spiro atoms. The van der Waals surface area contributed by atoms with Crippen molar-refractivity contribution in [1.82, 2.24) is 10.2 Å². The second kappa shape index (κ2) is 12.7. The number of likely N-dealkylation sites (tertiary alicyclic amines) is 1. The number of anilines is 1. The number of amides is 1. The summed E-state index contributed by atoms with van der Waals surface area (Å²) in [6.07, 6.45) is 3.68. The lowest BCUT2D eigenvalue weighted by molar-refractivity contribution is -0.119. The highest BCUT2D eigenvalue weighted by Gasteiger charge is 2.30. The number of ether oxygens (including phenoxy) is 1. The van der Waals surface area contributed by atoms with Crippen molar-refractivity contribution in [1.29, 1.82) is 0 Å². The summed E-state index contributed by atoms with van der Waals surface area (Å²) in [5.41, 5.74) is 3.30. The molecule has 0 aliphatic carbocycles. The predicted octanol–water partition coefficient (Wildman–Crippen LogP) is 5.15. The van der Waals surface area contributed by atoms with Crippen molar-refractivity contribution in [2.45, 2.75) is 44.2 Å². The highest BCUT2D eigenvalue weighted by molar-refractivity contribution is 7.92. The molecule has 1 N–H and O–H groups in total. The molecule has 1 aliphatic rings. The van der Waals surface area contributed by atoms with Gasteiger partial charge in [0.25, 0.3) is 10.0 Å². The predicted molar refractivity (Wildman–Crippen MR) is 151 cm³/mol. The van der Waals surface area contributed by atoms with E-state index in [1.807, 2.05) is 25.1 Å². The van der Waals surface area contributed by atoms with Crippen LogP contribution in [0, 0.1) is 6.92 Å². The van der Waals surface area contributed by atoms with Crippen LogP contribution in [0.5, 0.6) is 5.75 Å². The summed E-state index contributed by atoms with van der Waals surface area (Å²) in [6.45, 7) is 4.74. The number of benzene rings is 3. The summed E-state index contributed by atoms with van der Waals surface area (Å²) in [5, 5.41) is 3.25. The Hall–Kier alpha value is -3.07. The maximum Gasteiger partial charge on any atom is 0.264 e. The molecule has 1 saturated heterocycles. The summed E-state index contributed by atoms with van der Waals surface area (Å²) in [6, 6.07) is 19.2. The minimum Gasteiger partial charge on any atom is -0.495 e. The molecule has 202 valence electrons. The first kappa shape index (κ1) is 28.0. The Morgan fingerprint density at radius 2 is 1.68 bits per heavy atom. The number of methoxy groups -OCH3 is 1. The molecule has 3 aromatic rings. The van der Waals surface area contributed by atoms with Gasteiger partial charge < -0.3 is 10.1 Å². The van der Waals surface area contributed by atoms with Gasteiger partial charge in [-0.25, -0.2) is 8.42 Å². The monoisotopic (exact) mass is 555 g/mol. The average Bonchev–Trinajstić information content (AvgIpc) is 2.92. The third-order valence-electron chi connectivity index (χ3n) is 6.74. The van der Waals surface area contributed by atoms with E-state index in [-0.39, 0.29) is 10.6 Å². The lowest BCUT2D eigenvalue weighted by Gasteiger charge is -2.27. The molecule has 4 rings (SSSR count). The van der Waals surface area contributed by atoms with Crippen LogP contribution in [0.4, 0.5) is 5.69 Å². The Balaban J connectivity index is 1.56. The third-order valence-corrected chi connectivity index (χ3v) is 8.75. The minimum absolute atomic E-state index is 0.0739. The third kappa shape index (κ3) is 6.87. The normalized spacial score (nSPS) is 14.2. The van der Waals surface area contributed by atoms with Crippen molar-refractivity contribution in [3.63, 3.8) is 0 Å². The molecule has 0 saturated carbocycles. The number of hydrogen-bond acceptors (Lipinski definition) is 5. The summed E-state index contributed by atoms with van der Waals surface area (Å²) < 4.78 is 34.0. The van der Waals surface area contributed by atoms with Crippen LogP contribution in [0.25, 0.3) is 0 Å². The second-order valence-corrected chi connectivity index (χ2v) is 11.8. The fourth-order valence-corrected chi connectivity index (χ4v) is 6.21. The second-order valence-electron chi connectivity index (χ2n) is 9.52. The largest absolute Gasteiger partial charge is 0.495 e. The smallest absolute Gasteiger partial charge is 0.264 e. The van der Waals surface area contributed by atoms with Crippen LogP contribution in [-0.4, -0.2) is 46.0 Å². The highest BCUT2D eigenvalue weighted by atomic mass is 35.5. The van der Waals surface area contributed by atoms with E-state index >= 15 is 0 Å². The van der Waals surface area contributed by atoms with Crippen molar-refractivity contribution < 1.29 is 17.9 Å². The molecule has 7 nitrogen and oxygen atoms in total. The van der Waals surface area contributed by atoms with Gasteiger partial charge in [0.15, 0.2) is 0 Å². The Bertz CT molecular complexity index is 1360. The molecule has 0 aromatic heterocycles. The van der Waals surface area contributed by atoms with Gasteiger partial charge in [-0.3, -0.25) is 14.0 Å². The van der Waals surface area contributed by atoms with Crippen LogP contribution in [0.1, 0.15) is 36.0 Å². The summed E-state index contributed by atoms with van der Waals surface area (Å²) in [7, 11) is -2.65. The molecular weight excluding hydrogens is 522 g/mol. The van der Waals surface area contributed by atoms with Gasteiger partial charge in [0.2, 0.25) is 5.91 Å². The number of rotatable bonds is 10. The number of piperidine rings is 1. The Morgan fingerprint density at radius 3 is 2.37 bits per heavy atom. The van der Waals surface area contributed by atoms with Crippen LogP contribution in [0.15, 0.2) is 71.6 Å². The van der Waals surface area contributed by atoms with Gasteiger partial charge >= 0.3 is 0 Å². The van der Waals surface area contributed by atoms with Crippen molar-refractivity contribution in [3.8, 4) is 5.75 Å². The Kier molecular flexibility index (Phi) is 9.31. The Morgan fingerprint density at radius 1 is 1.00 bits per heavy atom. The number of sulfonamides is 1. The molecule has 9 heteroatoms. The first-order chi connectivity index (χ1) is 18.3. The van der Waals surface area contributed by atoms with Crippen molar-refractivity contribution in [3.05, 3.63) is 88.4 Å². The highest BCUT2D eigenvalue weighted by Crippen LogP contribution is 2.34. The topological polar surface area (TPSA) is 79.0 Å². The fraction of sp³-hybridized carbons (Fsp3) is 0.345. The molecule has 0 atom stereocenters. The molecule has 3 aromatic carbocycles. The molecule has 0 unspecified atom stereocenters. The van der Waals surface area contributed by atoms with E-state index in [1.165, 1.54) is 44.6 Å². The van der Waals surface area contributed by atoms with E-state index in [9.17, 15) is 13.2 Å². The van der Waals surface area contributed by atoms with E-state index in [0.29, 0.717) is 17.3 Å². The Labute approximate surface area is 230 Å². The quantitative estimate of drug-likeness (QED) is 0.374. The number of hydrogen-bond donors (Lipinski definition) is 1. The maximum atomic E-state index is 13.8. The summed E-state index contributed by atoms with van der Waals surface area (Å²) in [5.74, 6) is -0.139. The number of nitrogens with zero attached hydrogens (tertiary/aromatic N) is 2. The van der Waals surface area contributed by atoms with Gasteiger partial charge in [0.1, 0.15) is 12.3 Å². The zero-order valence-electron chi connectivity index (χ0n) is 21.8. The average molecular weight is 556 g/mol. The van der Waals surface area contributed by atoms with Crippen molar-refractivity contribution >= 4 is 33.2 Å². The van der Waals surface area contributed by atoms with Gasteiger partial charge in [-0.2, -0.15) is 0 Å². The first-order valence-corrected chi connectivity index (χ1v) is 14.6. The molecule has 0 radical (unpaired) electrons. The van der Waals surface area contributed by atoms with E-state index in [2.05, 4.69) is 16.3 Å². The molecule has 1 aliphatic heterocycles. The zero-order chi connectivity index (χ0) is 27.1. The van der Waals surface area contributed by atoms with Crippen LogP contribution < -0.4 is 14.4 Å². The van der Waals surface area contributed by atoms with Gasteiger partial charge in [-0.05, 0) is 74.3 Å². The minimum atomic E-state index is -4.10. The number of carbonyl (C=O) groups excluding carboxylic acids is 1. The van der Waals surface area contributed by atoms with Crippen LogP contribution in [0.2, 0.25) is 5.02 Å². The van der Waals surface area contributed by atoms with E-state index in [4.69, 9.17) is 16.3 Å². The van der Waals surface area contributed by atoms with E-state index < -0.39 is 22.5 Å². The maximum absolute atomic E-state index is 13.8. The van der Waals surface area contributed by atoms with Gasteiger partial charge in [-0.15, -0.1) is 0 Å². The van der Waals surface area contributed by atoms with E-state index in [1.54, 1.807) is 24.3 Å². The summed E-state index contributed by atoms with van der Waals surface area (Å²) >= 11 is 6.23. The SMILES string of the molecule is COc1ccc(Cl)cc1N(CC(=O)NCc1ccccc1CN1CCCCC1)S(=O)(=O)c1ccc(C)cc1. The molecule has 1 amide bonds. The number of aryl methyl sites for hydroxylation is 1. The molecule has 1 fully saturated rings. The van der Waals surface area contributed by atoms with Crippen LogP contribution in [-0.2, 0) is 27.9 Å². The summed E-state index contributed by atoms with van der Waals surface area (Å²) in [4.78, 5) is 15.7. The molecule has 38 heavy (non-hydrogen) atoms. The van der Waals surface area contributed by atoms with Crippen LogP contribution >= 0.6 is 11.6 Å². The number of nitrogens with one attached hydrogen (secondary N) is 1. The lowest BCUT2D eigenvalue weighted by Crippen LogP contribution is -2.41. The zero-order valence-corrected chi connectivity index (χ0v) is 23.4. The van der Waals surface area contributed by atoms with Crippen molar-refractivity contribution in [2.24, 2.45) is 0 Å². The molecular formula is C29H34ClN3O4S. The lowest BCUT2D eigenvalue weighted by atomic mass is 10.0. The van der Waals surface area contributed by atoms with Crippen LogP contribution in [0.3, 0.4) is 0 Å². The van der Waals surface area contributed by atoms with Gasteiger partial charge in [-0.1, -0.05) is 60.0 Å². The number of carbonyl (C=O) groups is 1. The molecule has 1 heterocycles. The van der Waals surface area contributed by atoms with Crippen molar-refractivity contribution in [2.75, 3.05) is 31.0 Å². The van der Waals surface area contributed by atoms with E-state index in [0.717, 1.165) is 40.6 Å². The number of halogens is 1. The standard InChI is InChI=1S/C29H34ClN3O4S/c1-22-10-13-26(14-11-22)38(35,36)33(27-18-25(30)12-15-28(27)37-2)21-29(34)31-19-23-8-4-5-9-24(23)20-32-16-6-3-7-17-32/h4-5,8-15,18H,3,6-7,16-17,19-21H2,1-2H3,(H,31,34). The molecule has 0 bridgehead atoms. The first-order valence-electron chi connectivity index (χ1n) is 12.8. The fourth-order valence-electron chi connectivity index (χ4n) is 4.62.